The molecule has 0 aliphatic rings. The van der Waals surface area contributed by atoms with Crippen LogP contribution in [0.5, 0.6) is 5.75 Å². The van der Waals surface area contributed by atoms with Crippen LogP contribution >= 0.6 is 11.6 Å². The Kier molecular flexibility index (Phi) is 2.79. The quantitative estimate of drug-likeness (QED) is 0.799. The van der Waals surface area contributed by atoms with Crippen LogP contribution in [0.1, 0.15) is 0 Å². The van der Waals surface area contributed by atoms with Gasteiger partial charge in [-0.15, -0.1) is 0 Å². The largest absolute Gasteiger partial charge is 0.508 e. The molecule has 4 heteroatoms. The lowest BCUT2D eigenvalue weighted by molar-refractivity contribution is 0.475. The van der Waals surface area contributed by atoms with Crippen molar-refractivity contribution in [2.75, 3.05) is 0 Å². The highest BCUT2D eigenvalue weighted by Crippen LogP contribution is 2.31. The Balaban J connectivity index is 2.67. The zero-order valence-electron chi connectivity index (χ0n) is 8.05. The van der Waals surface area contributed by atoms with Gasteiger partial charge in [-0.2, -0.15) is 0 Å². The lowest BCUT2D eigenvalue weighted by Gasteiger charge is -2.06. The van der Waals surface area contributed by atoms with Crippen molar-refractivity contribution in [3.05, 3.63) is 53.1 Å². The molecule has 0 spiro atoms. The predicted molar refractivity (Wildman–Crippen MR) is 58.5 cm³/mol. The number of aromatic hydroxyl groups is 1. The molecule has 0 atom stereocenters. The van der Waals surface area contributed by atoms with Crippen LogP contribution in [0.2, 0.25) is 5.02 Å². The average Bonchev–Trinajstić information content (AvgIpc) is 2.15. The van der Waals surface area contributed by atoms with Crippen molar-refractivity contribution >= 4 is 11.6 Å². The van der Waals surface area contributed by atoms with E-state index in [1.807, 2.05) is 0 Å². The molecule has 0 fully saturated rings. The van der Waals surface area contributed by atoms with Gasteiger partial charge in [-0.05, 0) is 35.9 Å². The van der Waals surface area contributed by atoms with Gasteiger partial charge in [-0.1, -0.05) is 17.7 Å². The molecule has 1 nitrogen and oxygen atoms in total. The molecule has 0 unspecified atom stereocenters. The van der Waals surface area contributed by atoms with Crippen molar-refractivity contribution in [2.45, 2.75) is 0 Å². The van der Waals surface area contributed by atoms with Crippen LogP contribution in [0.25, 0.3) is 11.1 Å². The fraction of sp³-hybridized carbons (Fsp3) is 0. The minimum atomic E-state index is -0.693. The maximum absolute atomic E-state index is 13.4. The van der Waals surface area contributed by atoms with Crippen molar-refractivity contribution in [1.82, 2.24) is 0 Å². The zero-order chi connectivity index (χ0) is 11.7. The molecule has 16 heavy (non-hydrogen) atoms. The van der Waals surface area contributed by atoms with E-state index in [0.29, 0.717) is 0 Å². The zero-order valence-corrected chi connectivity index (χ0v) is 8.80. The van der Waals surface area contributed by atoms with Gasteiger partial charge in [0.15, 0.2) is 0 Å². The molecule has 0 aliphatic heterocycles. The van der Waals surface area contributed by atoms with Gasteiger partial charge < -0.3 is 5.11 Å². The molecule has 0 saturated carbocycles. The van der Waals surface area contributed by atoms with E-state index in [0.717, 1.165) is 12.1 Å². The third kappa shape index (κ3) is 1.99. The second-order valence-corrected chi connectivity index (χ2v) is 3.73. The van der Waals surface area contributed by atoms with Crippen LogP contribution in [-0.2, 0) is 0 Å². The second kappa shape index (κ2) is 4.10. The molecule has 82 valence electrons. The third-order valence-corrected chi connectivity index (χ3v) is 2.35. The number of halogens is 3. The van der Waals surface area contributed by atoms with Gasteiger partial charge >= 0.3 is 0 Å². The number of phenolic OH excluding ortho intramolecular Hbond substituents is 1. The molecular weight excluding hydrogens is 234 g/mol. The Morgan fingerprint density at radius 2 is 1.62 bits per heavy atom. The summed E-state index contributed by atoms with van der Waals surface area (Å²) in [5.41, 5.74) is 0.0147. The van der Waals surface area contributed by atoms with Crippen LogP contribution < -0.4 is 0 Å². The van der Waals surface area contributed by atoms with E-state index < -0.39 is 11.6 Å². The summed E-state index contributed by atoms with van der Waals surface area (Å²) in [5, 5.41) is 9.53. The van der Waals surface area contributed by atoms with Crippen LogP contribution in [0.15, 0.2) is 36.4 Å². The molecular formula is C12H7ClF2O. The fourth-order valence-electron chi connectivity index (χ4n) is 1.49. The molecule has 2 rings (SSSR count). The van der Waals surface area contributed by atoms with Gasteiger partial charge in [0.2, 0.25) is 0 Å². The Bertz CT molecular complexity index is 500. The minimum absolute atomic E-state index is 0.134. The van der Waals surface area contributed by atoms with E-state index in [2.05, 4.69) is 0 Å². The predicted octanol–water partition coefficient (Wildman–Crippen LogP) is 3.99. The van der Waals surface area contributed by atoms with Gasteiger partial charge in [-0.25, -0.2) is 8.78 Å². The summed E-state index contributed by atoms with van der Waals surface area (Å²) in [5.74, 6) is -1.52. The highest BCUT2D eigenvalue weighted by molar-refractivity contribution is 6.31. The van der Waals surface area contributed by atoms with Crippen molar-refractivity contribution in [3.63, 3.8) is 0 Å². The summed E-state index contributed by atoms with van der Waals surface area (Å²) in [4.78, 5) is 0. The van der Waals surface area contributed by atoms with Crippen LogP contribution in [0.3, 0.4) is 0 Å². The monoisotopic (exact) mass is 240 g/mol. The summed E-state index contributed by atoms with van der Waals surface area (Å²) in [6.45, 7) is 0. The summed E-state index contributed by atoms with van der Waals surface area (Å²) >= 11 is 5.70. The number of hydrogen-bond donors (Lipinski definition) is 1. The molecule has 0 heterocycles. The van der Waals surface area contributed by atoms with E-state index in [4.69, 9.17) is 11.6 Å². The highest BCUT2D eigenvalue weighted by atomic mass is 35.5. The second-order valence-electron chi connectivity index (χ2n) is 3.29. The number of phenols is 1. The maximum atomic E-state index is 13.4. The normalized spacial score (nSPS) is 10.4. The smallest absolute Gasteiger partial charge is 0.133 e. The first kappa shape index (κ1) is 10.9. The Labute approximate surface area is 95.9 Å². The summed E-state index contributed by atoms with van der Waals surface area (Å²) < 4.78 is 26.9. The van der Waals surface area contributed by atoms with Crippen LogP contribution in [0, 0.1) is 11.6 Å². The van der Waals surface area contributed by atoms with E-state index in [1.165, 1.54) is 24.3 Å². The number of hydrogen-bond acceptors (Lipinski definition) is 1. The molecule has 0 aliphatic carbocycles. The Morgan fingerprint density at radius 3 is 2.19 bits per heavy atom. The third-order valence-electron chi connectivity index (χ3n) is 2.13. The average molecular weight is 241 g/mol. The van der Waals surface area contributed by atoms with Crippen molar-refractivity contribution in [3.8, 4) is 16.9 Å². The lowest BCUT2D eigenvalue weighted by atomic mass is 10.0. The topological polar surface area (TPSA) is 20.2 Å². The van der Waals surface area contributed by atoms with Gasteiger partial charge in [0.25, 0.3) is 0 Å². The summed E-state index contributed by atoms with van der Waals surface area (Å²) in [6.07, 6.45) is 0. The molecule has 0 radical (unpaired) electrons. The van der Waals surface area contributed by atoms with Crippen molar-refractivity contribution in [1.29, 1.82) is 0 Å². The van der Waals surface area contributed by atoms with Crippen LogP contribution in [-0.4, -0.2) is 5.11 Å². The van der Waals surface area contributed by atoms with Gasteiger partial charge in [0, 0.05) is 5.02 Å². The van der Waals surface area contributed by atoms with Gasteiger partial charge in [-0.3, -0.25) is 0 Å². The molecule has 2 aromatic rings. The fourth-order valence-corrected chi connectivity index (χ4v) is 1.72. The molecule has 2 aromatic carbocycles. The van der Waals surface area contributed by atoms with Crippen molar-refractivity contribution < 1.29 is 13.9 Å². The Hall–Kier alpha value is -1.61. The lowest BCUT2D eigenvalue weighted by Crippen LogP contribution is -1.89. The van der Waals surface area contributed by atoms with E-state index >= 15 is 0 Å². The van der Waals surface area contributed by atoms with E-state index in [1.54, 1.807) is 0 Å². The van der Waals surface area contributed by atoms with E-state index in [-0.39, 0.29) is 21.9 Å². The number of benzene rings is 2. The van der Waals surface area contributed by atoms with Crippen molar-refractivity contribution in [2.24, 2.45) is 0 Å². The summed E-state index contributed by atoms with van der Waals surface area (Å²) in [6, 6.07) is 7.52. The standard InChI is InChI=1S/C12H7ClF2O/c13-8-4-7(5-9(16)6-8)12-10(14)2-1-3-11(12)15/h1-6,16H. The Morgan fingerprint density at radius 1 is 1.00 bits per heavy atom. The molecule has 0 saturated heterocycles. The number of rotatable bonds is 1. The molecule has 1 N–H and O–H groups in total. The maximum Gasteiger partial charge on any atom is 0.133 e. The highest BCUT2D eigenvalue weighted by Gasteiger charge is 2.12. The van der Waals surface area contributed by atoms with E-state index in [9.17, 15) is 13.9 Å². The molecule has 0 amide bonds. The first-order chi connectivity index (χ1) is 7.58. The first-order valence-corrected chi connectivity index (χ1v) is 4.89. The van der Waals surface area contributed by atoms with Gasteiger partial charge in [0.05, 0.1) is 5.56 Å². The molecule has 0 bridgehead atoms. The minimum Gasteiger partial charge on any atom is -0.508 e. The molecule has 0 aromatic heterocycles. The SMILES string of the molecule is Oc1cc(Cl)cc(-c2c(F)cccc2F)c1. The summed E-state index contributed by atoms with van der Waals surface area (Å²) in [7, 11) is 0. The first-order valence-electron chi connectivity index (χ1n) is 4.52. The van der Waals surface area contributed by atoms with Crippen LogP contribution in [0.4, 0.5) is 8.78 Å². The van der Waals surface area contributed by atoms with Gasteiger partial charge in [0.1, 0.15) is 17.4 Å².